The molecule has 0 atom stereocenters. The highest BCUT2D eigenvalue weighted by atomic mass is 79.9. The van der Waals surface area contributed by atoms with E-state index >= 15 is 0 Å². The van der Waals surface area contributed by atoms with Gasteiger partial charge in [-0.3, -0.25) is 0 Å². The van der Waals surface area contributed by atoms with Crippen LogP contribution in [0.1, 0.15) is 25.5 Å². The largest absolute Gasteiger partial charge is 0.232 e. The highest BCUT2D eigenvalue weighted by molar-refractivity contribution is 9.10. The van der Waals surface area contributed by atoms with Crippen LogP contribution in [0.3, 0.4) is 0 Å². The van der Waals surface area contributed by atoms with E-state index in [0.29, 0.717) is 21.0 Å². The normalized spacial score (nSPS) is 11.1. The Hall–Kier alpha value is -0.350. The summed E-state index contributed by atoms with van der Waals surface area (Å²) in [6.45, 7) is 4.09. The standard InChI is InChI=1S/C13H10BrCl3N2/c1-6(2)11-10(14)12(17)19-13(18-11)7-3-4-8(15)9(16)5-7/h3-6H,1-2H3. The van der Waals surface area contributed by atoms with E-state index in [2.05, 4.69) is 25.9 Å². The first kappa shape index (κ1) is 15.0. The maximum Gasteiger partial charge on any atom is 0.161 e. The zero-order valence-corrected chi connectivity index (χ0v) is 14.1. The number of hydrogen-bond acceptors (Lipinski definition) is 2. The van der Waals surface area contributed by atoms with Crippen LogP contribution in [0, 0.1) is 0 Å². The first-order valence-electron chi connectivity index (χ1n) is 5.58. The van der Waals surface area contributed by atoms with Crippen molar-refractivity contribution >= 4 is 50.7 Å². The second-order valence-electron chi connectivity index (χ2n) is 4.32. The molecular formula is C13H10BrCl3N2. The van der Waals surface area contributed by atoms with Crippen molar-refractivity contribution < 1.29 is 0 Å². The van der Waals surface area contributed by atoms with Crippen molar-refractivity contribution in [3.63, 3.8) is 0 Å². The zero-order chi connectivity index (χ0) is 14.2. The van der Waals surface area contributed by atoms with Crippen molar-refractivity contribution in [2.45, 2.75) is 19.8 Å². The van der Waals surface area contributed by atoms with Crippen LogP contribution in [0.25, 0.3) is 11.4 Å². The van der Waals surface area contributed by atoms with Crippen molar-refractivity contribution in [1.29, 1.82) is 0 Å². The third kappa shape index (κ3) is 3.22. The van der Waals surface area contributed by atoms with Gasteiger partial charge < -0.3 is 0 Å². The molecule has 0 radical (unpaired) electrons. The number of aromatic nitrogens is 2. The molecule has 0 spiro atoms. The summed E-state index contributed by atoms with van der Waals surface area (Å²) in [5, 5.41) is 1.35. The lowest BCUT2D eigenvalue weighted by Gasteiger charge is -2.11. The van der Waals surface area contributed by atoms with Crippen LogP contribution in [-0.4, -0.2) is 9.97 Å². The monoisotopic (exact) mass is 378 g/mol. The summed E-state index contributed by atoms with van der Waals surface area (Å²) < 4.78 is 0.730. The van der Waals surface area contributed by atoms with Crippen LogP contribution in [0.15, 0.2) is 22.7 Å². The molecule has 0 aliphatic carbocycles. The predicted octanol–water partition coefficient (Wildman–Crippen LogP) is 5.99. The Labute approximate surface area is 135 Å². The molecule has 0 saturated heterocycles. The molecule has 100 valence electrons. The van der Waals surface area contributed by atoms with Crippen LogP contribution >= 0.6 is 50.7 Å². The van der Waals surface area contributed by atoms with Gasteiger partial charge in [0.2, 0.25) is 0 Å². The van der Waals surface area contributed by atoms with E-state index in [0.717, 1.165) is 15.7 Å². The fourth-order valence-electron chi connectivity index (χ4n) is 1.58. The van der Waals surface area contributed by atoms with E-state index in [4.69, 9.17) is 34.8 Å². The number of benzene rings is 1. The molecule has 0 aliphatic rings. The second kappa shape index (κ2) is 5.96. The molecule has 0 fully saturated rings. The van der Waals surface area contributed by atoms with Crippen molar-refractivity contribution in [3.05, 3.63) is 43.6 Å². The number of halogens is 4. The van der Waals surface area contributed by atoms with Gasteiger partial charge in [-0.15, -0.1) is 0 Å². The van der Waals surface area contributed by atoms with Crippen LogP contribution in [0.5, 0.6) is 0 Å². The molecule has 2 aromatic rings. The van der Waals surface area contributed by atoms with Gasteiger partial charge in [0.15, 0.2) is 5.82 Å². The van der Waals surface area contributed by atoms with Gasteiger partial charge in [-0.25, -0.2) is 9.97 Å². The Morgan fingerprint density at radius 3 is 2.32 bits per heavy atom. The Morgan fingerprint density at radius 2 is 1.74 bits per heavy atom. The minimum atomic E-state index is 0.233. The average Bonchev–Trinajstić information content (AvgIpc) is 2.35. The first-order chi connectivity index (χ1) is 8.90. The Bertz CT molecular complexity index is 630. The summed E-state index contributed by atoms with van der Waals surface area (Å²) in [5.74, 6) is 0.770. The molecule has 0 aliphatic heterocycles. The summed E-state index contributed by atoms with van der Waals surface area (Å²) in [7, 11) is 0. The van der Waals surface area contributed by atoms with Crippen molar-refractivity contribution in [2.75, 3.05) is 0 Å². The predicted molar refractivity (Wildman–Crippen MR) is 84.3 cm³/mol. The minimum absolute atomic E-state index is 0.233. The molecule has 1 aromatic carbocycles. The molecule has 0 amide bonds. The summed E-state index contributed by atoms with van der Waals surface area (Å²) in [5.41, 5.74) is 1.65. The van der Waals surface area contributed by atoms with E-state index < -0.39 is 0 Å². The van der Waals surface area contributed by atoms with E-state index in [1.54, 1.807) is 12.1 Å². The zero-order valence-electron chi connectivity index (χ0n) is 10.2. The van der Waals surface area contributed by atoms with Crippen LogP contribution < -0.4 is 0 Å². The lowest BCUT2D eigenvalue weighted by molar-refractivity contribution is 0.809. The summed E-state index contributed by atoms with van der Waals surface area (Å²) in [6, 6.07) is 5.26. The minimum Gasteiger partial charge on any atom is -0.232 e. The number of nitrogens with zero attached hydrogens (tertiary/aromatic N) is 2. The van der Waals surface area contributed by atoms with Gasteiger partial charge in [-0.1, -0.05) is 48.7 Å². The van der Waals surface area contributed by atoms with Gasteiger partial charge in [-0.2, -0.15) is 0 Å². The van der Waals surface area contributed by atoms with Gasteiger partial charge in [0.1, 0.15) is 5.15 Å². The van der Waals surface area contributed by atoms with E-state index in [-0.39, 0.29) is 5.92 Å². The van der Waals surface area contributed by atoms with Crippen molar-refractivity contribution in [3.8, 4) is 11.4 Å². The van der Waals surface area contributed by atoms with E-state index in [9.17, 15) is 0 Å². The van der Waals surface area contributed by atoms with E-state index in [1.807, 2.05) is 19.9 Å². The first-order valence-corrected chi connectivity index (χ1v) is 7.51. The second-order valence-corrected chi connectivity index (χ2v) is 6.29. The lowest BCUT2D eigenvalue weighted by Crippen LogP contribution is -2.00. The van der Waals surface area contributed by atoms with Gasteiger partial charge in [0.05, 0.1) is 20.2 Å². The van der Waals surface area contributed by atoms with Gasteiger partial charge in [0, 0.05) is 5.56 Å². The Kier molecular flexibility index (Phi) is 4.72. The summed E-state index contributed by atoms with van der Waals surface area (Å²) in [6.07, 6.45) is 0. The van der Waals surface area contributed by atoms with Crippen LogP contribution in [0.4, 0.5) is 0 Å². The quantitative estimate of drug-likeness (QED) is 0.598. The third-order valence-corrected chi connectivity index (χ3v) is 4.58. The fraction of sp³-hybridized carbons (Fsp3) is 0.231. The molecule has 0 N–H and O–H groups in total. The average molecular weight is 380 g/mol. The molecule has 1 aromatic heterocycles. The SMILES string of the molecule is CC(C)c1nc(-c2ccc(Cl)c(Cl)c2)nc(Cl)c1Br. The summed E-state index contributed by atoms with van der Waals surface area (Å²) in [4.78, 5) is 8.79. The Balaban J connectivity index is 2.59. The summed E-state index contributed by atoms with van der Waals surface area (Å²) >= 11 is 21.4. The highest BCUT2D eigenvalue weighted by Gasteiger charge is 2.15. The molecule has 2 nitrogen and oxygen atoms in total. The highest BCUT2D eigenvalue weighted by Crippen LogP contribution is 2.32. The molecule has 6 heteroatoms. The molecule has 2 rings (SSSR count). The third-order valence-electron chi connectivity index (χ3n) is 2.56. The maximum atomic E-state index is 6.13. The molecular weight excluding hydrogens is 370 g/mol. The molecule has 0 saturated carbocycles. The van der Waals surface area contributed by atoms with Gasteiger partial charge in [0.25, 0.3) is 0 Å². The molecule has 0 bridgehead atoms. The fourth-order valence-corrected chi connectivity index (χ4v) is 2.69. The molecule has 0 unspecified atom stereocenters. The number of hydrogen-bond donors (Lipinski definition) is 0. The van der Waals surface area contributed by atoms with Crippen LogP contribution in [0.2, 0.25) is 15.2 Å². The maximum absolute atomic E-state index is 6.13. The van der Waals surface area contributed by atoms with Gasteiger partial charge in [-0.05, 0) is 40.0 Å². The van der Waals surface area contributed by atoms with Crippen molar-refractivity contribution in [1.82, 2.24) is 9.97 Å². The smallest absolute Gasteiger partial charge is 0.161 e. The van der Waals surface area contributed by atoms with Crippen LogP contribution in [-0.2, 0) is 0 Å². The van der Waals surface area contributed by atoms with Gasteiger partial charge >= 0.3 is 0 Å². The Morgan fingerprint density at radius 1 is 1.05 bits per heavy atom. The molecule has 19 heavy (non-hydrogen) atoms. The van der Waals surface area contributed by atoms with E-state index in [1.165, 1.54) is 0 Å². The lowest BCUT2D eigenvalue weighted by atomic mass is 10.1. The topological polar surface area (TPSA) is 25.8 Å². The molecule has 1 heterocycles. The van der Waals surface area contributed by atoms with Crippen molar-refractivity contribution in [2.24, 2.45) is 0 Å². The number of rotatable bonds is 2.